The molecule has 0 spiro atoms. The summed E-state index contributed by atoms with van der Waals surface area (Å²) in [4.78, 5) is 55.0. The Morgan fingerprint density at radius 2 is 1.82 bits per heavy atom. The number of imide groups is 1. The predicted molar refractivity (Wildman–Crippen MR) is 124 cm³/mol. The second-order valence-corrected chi connectivity index (χ2v) is 9.55. The smallest absolute Gasteiger partial charge is 0.350 e. The van der Waals surface area contributed by atoms with Crippen LogP contribution >= 0.6 is 7.60 Å². The molecule has 3 heterocycles. The van der Waals surface area contributed by atoms with E-state index in [9.17, 15) is 14.2 Å². The SMILES string of the molecule is C[C@H](Cn1cnc2c(NCCNCCCCCN3C(=O)C=CC3=O)ncnc21)OCP(=O)(O)O. The van der Waals surface area contributed by atoms with Gasteiger partial charge in [-0.1, -0.05) is 6.42 Å². The molecule has 0 unspecified atom stereocenters. The number of hydrogen-bond acceptors (Lipinski definition) is 9. The van der Waals surface area contributed by atoms with Crippen molar-refractivity contribution < 1.29 is 28.7 Å². The van der Waals surface area contributed by atoms with Crippen LogP contribution in [0.25, 0.3) is 11.2 Å². The van der Waals surface area contributed by atoms with Crippen LogP contribution in [0.3, 0.4) is 0 Å². The number of imidazole rings is 1. The molecule has 186 valence electrons. The van der Waals surface area contributed by atoms with Gasteiger partial charge in [-0.25, -0.2) is 15.0 Å². The van der Waals surface area contributed by atoms with Gasteiger partial charge in [0.2, 0.25) is 0 Å². The lowest BCUT2D eigenvalue weighted by Crippen LogP contribution is -2.31. The zero-order valence-electron chi connectivity index (χ0n) is 19.0. The van der Waals surface area contributed by atoms with Gasteiger partial charge in [-0.3, -0.25) is 19.1 Å². The molecule has 13 nitrogen and oxygen atoms in total. The Labute approximate surface area is 196 Å². The lowest BCUT2D eigenvalue weighted by Gasteiger charge is -2.14. The highest BCUT2D eigenvalue weighted by Crippen LogP contribution is 2.34. The molecule has 0 aliphatic carbocycles. The Morgan fingerprint density at radius 1 is 1.06 bits per heavy atom. The van der Waals surface area contributed by atoms with Crippen molar-refractivity contribution in [2.24, 2.45) is 0 Å². The summed E-state index contributed by atoms with van der Waals surface area (Å²) in [5.74, 6) is 0.129. The van der Waals surface area contributed by atoms with Crippen molar-refractivity contribution in [1.82, 2.24) is 29.7 Å². The number of ether oxygens (including phenoxy) is 1. The number of anilines is 1. The Hall–Kier alpha value is -2.70. The first-order chi connectivity index (χ1) is 16.2. The average molecular weight is 495 g/mol. The second-order valence-electron chi connectivity index (χ2n) is 7.96. The topological polar surface area (TPSA) is 172 Å². The molecule has 34 heavy (non-hydrogen) atoms. The maximum absolute atomic E-state index is 11.5. The number of unbranched alkanes of at least 4 members (excludes halogenated alkanes) is 2. The van der Waals surface area contributed by atoms with Gasteiger partial charge in [0, 0.05) is 31.8 Å². The first-order valence-electron chi connectivity index (χ1n) is 11.0. The predicted octanol–water partition coefficient (Wildman–Crippen LogP) is 0.463. The maximum atomic E-state index is 11.5. The number of carbonyl (C=O) groups is 2. The molecular formula is C20H30N7O6P. The molecule has 0 radical (unpaired) electrons. The molecule has 0 aromatic carbocycles. The van der Waals surface area contributed by atoms with E-state index in [1.165, 1.54) is 23.4 Å². The van der Waals surface area contributed by atoms with E-state index in [1.807, 2.05) is 0 Å². The van der Waals surface area contributed by atoms with Crippen LogP contribution in [0.15, 0.2) is 24.8 Å². The minimum absolute atomic E-state index is 0.236. The highest BCUT2D eigenvalue weighted by Gasteiger charge is 2.22. The van der Waals surface area contributed by atoms with Crippen molar-refractivity contribution in [2.45, 2.75) is 38.8 Å². The third-order valence-corrected chi connectivity index (χ3v) is 5.60. The fraction of sp³-hybridized carbons (Fsp3) is 0.550. The molecule has 2 aromatic heterocycles. The first-order valence-corrected chi connectivity index (χ1v) is 12.8. The normalized spacial score (nSPS) is 15.0. The number of rotatable bonds is 15. The Kier molecular flexibility index (Phi) is 9.25. The Morgan fingerprint density at radius 3 is 2.56 bits per heavy atom. The highest BCUT2D eigenvalue weighted by molar-refractivity contribution is 7.51. The van der Waals surface area contributed by atoms with E-state index in [1.54, 1.807) is 17.8 Å². The number of hydrogen-bond donors (Lipinski definition) is 4. The summed E-state index contributed by atoms with van der Waals surface area (Å²) in [6.45, 7) is 4.68. The molecule has 1 atom stereocenters. The van der Waals surface area contributed by atoms with Gasteiger partial charge in [-0.2, -0.15) is 0 Å². The molecule has 3 rings (SSSR count). The van der Waals surface area contributed by atoms with Crippen molar-refractivity contribution >= 4 is 36.4 Å². The number of nitrogens with zero attached hydrogens (tertiary/aromatic N) is 5. The summed E-state index contributed by atoms with van der Waals surface area (Å²) in [5, 5.41) is 6.57. The Bertz CT molecular complexity index is 1050. The number of nitrogens with one attached hydrogen (secondary N) is 2. The Balaban J connectivity index is 1.34. The largest absolute Gasteiger partial charge is 0.367 e. The van der Waals surface area contributed by atoms with E-state index >= 15 is 0 Å². The summed E-state index contributed by atoms with van der Waals surface area (Å²) >= 11 is 0. The molecular weight excluding hydrogens is 465 g/mol. The van der Waals surface area contributed by atoms with Gasteiger partial charge in [0.25, 0.3) is 11.8 Å². The van der Waals surface area contributed by atoms with E-state index in [4.69, 9.17) is 14.5 Å². The molecule has 1 aliphatic heterocycles. The third kappa shape index (κ3) is 7.67. The number of amides is 2. The molecule has 0 saturated heterocycles. The van der Waals surface area contributed by atoms with Gasteiger partial charge >= 0.3 is 7.60 Å². The molecule has 0 saturated carbocycles. The second kappa shape index (κ2) is 12.1. The maximum Gasteiger partial charge on any atom is 0.350 e. The van der Waals surface area contributed by atoms with Crippen LogP contribution in [0.1, 0.15) is 26.2 Å². The molecule has 2 amide bonds. The monoisotopic (exact) mass is 495 g/mol. The summed E-state index contributed by atoms with van der Waals surface area (Å²) in [5.41, 5.74) is 1.20. The summed E-state index contributed by atoms with van der Waals surface area (Å²) in [7, 11) is -4.22. The molecule has 1 aliphatic rings. The first kappa shape index (κ1) is 25.9. The summed E-state index contributed by atoms with van der Waals surface area (Å²) in [6.07, 6.45) is 7.20. The van der Waals surface area contributed by atoms with Crippen LogP contribution in [0.4, 0.5) is 5.82 Å². The lowest BCUT2D eigenvalue weighted by molar-refractivity contribution is -0.136. The zero-order chi connectivity index (χ0) is 24.6. The minimum atomic E-state index is -4.22. The molecule has 14 heteroatoms. The summed E-state index contributed by atoms with van der Waals surface area (Å²) in [6, 6.07) is 0. The van der Waals surface area contributed by atoms with E-state index in [-0.39, 0.29) is 11.8 Å². The van der Waals surface area contributed by atoms with Crippen LogP contribution in [0.2, 0.25) is 0 Å². The lowest BCUT2D eigenvalue weighted by atomic mass is 10.2. The van der Waals surface area contributed by atoms with Crippen LogP contribution in [-0.2, 0) is 25.4 Å². The number of carbonyl (C=O) groups excluding carboxylic acids is 2. The van der Waals surface area contributed by atoms with Crippen LogP contribution < -0.4 is 10.6 Å². The highest BCUT2D eigenvalue weighted by atomic mass is 31.2. The van der Waals surface area contributed by atoms with Crippen molar-refractivity contribution in [3.63, 3.8) is 0 Å². The van der Waals surface area contributed by atoms with E-state index < -0.39 is 20.0 Å². The van der Waals surface area contributed by atoms with Crippen LogP contribution in [0.5, 0.6) is 0 Å². The van der Waals surface area contributed by atoms with Crippen LogP contribution in [-0.4, -0.2) is 84.7 Å². The van der Waals surface area contributed by atoms with Crippen molar-refractivity contribution in [1.29, 1.82) is 0 Å². The van der Waals surface area contributed by atoms with Crippen molar-refractivity contribution in [2.75, 3.05) is 37.8 Å². The fourth-order valence-electron chi connectivity index (χ4n) is 3.44. The van der Waals surface area contributed by atoms with E-state index in [0.29, 0.717) is 43.2 Å². The van der Waals surface area contributed by atoms with Gasteiger partial charge in [-0.05, 0) is 26.3 Å². The quantitative estimate of drug-likeness (QED) is 0.154. The van der Waals surface area contributed by atoms with Gasteiger partial charge in [0.1, 0.15) is 18.2 Å². The van der Waals surface area contributed by atoms with Crippen molar-refractivity contribution in [3.05, 3.63) is 24.8 Å². The number of aromatic nitrogens is 4. The van der Waals surface area contributed by atoms with Crippen molar-refractivity contribution in [3.8, 4) is 0 Å². The molecule has 4 N–H and O–H groups in total. The molecule has 2 aromatic rings. The zero-order valence-corrected chi connectivity index (χ0v) is 19.9. The van der Waals surface area contributed by atoms with Gasteiger partial charge in [0.05, 0.1) is 19.0 Å². The fourth-order valence-corrected chi connectivity index (χ4v) is 3.89. The van der Waals surface area contributed by atoms with E-state index in [2.05, 4.69) is 25.6 Å². The molecule has 0 fully saturated rings. The summed E-state index contributed by atoms with van der Waals surface area (Å²) < 4.78 is 17.9. The number of fused-ring (bicyclic) bond motifs is 1. The standard InChI is InChI=1S/C20H30N7O6P/c1-15(33-14-34(30,31)32)11-26-13-25-18-19(23-12-24-20(18)26)22-9-8-21-7-3-2-4-10-27-16(28)5-6-17(27)29/h5-6,12-13,15,21H,2-4,7-11,14H2,1H3,(H,22,23,24)(H2,30,31,32)/t15-/m1/s1. The van der Waals surface area contributed by atoms with Gasteiger partial charge < -0.3 is 29.7 Å². The molecule has 0 bridgehead atoms. The average Bonchev–Trinajstić information content (AvgIpc) is 3.34. The minimum Gasteiger partial charge on any atom is -0.367 e. The van der Waals surface area contributed by atoms with Crippen LogP contribution in [0, 0.1) is 0 Å². The van der Waals surface area contributed by atoms with E-state index in [0.717, 1.165) is 25.8 Å². The third-order valence-electron chi connectivity index (χ3n) is 5.11. The van der Waals surface area contributed by atoms with Gasteiger partial charge in [-0.15, -0.1) is 0 Å². The van der Waals surface area contributed by atoms with Gasteiger partial charge in [0.15, 0.2) is 11.5 Å².